The van der Waals surface area contributed by atoms with Gasteiger partial charge >= 0.3 is 0 Å². The van der Waals surface area contributed by atoms with E-state index in [1.807, 2.05) is 6.07 Å². The van der Waals surface area contributed by atoms with Crippen LogP contribution in [0, 0.1) is 18.6 Å². The molecule has 0 spiro atoms. The standard InChI is InChI=1S/C17H17F2NO/c1-10-5-8-14(18)15(16(10)19)17(20)11-3-2-4-13(9-11)21-12-6-7-12/h2-5,8-9,12,17H,6-7,20H2,1H3. The number of aryl methyl sites for hydroxylation is 1. The first kappa shape index (κ1) is 14.0. The Morgan fingerprint density at radius 2 is 1.95 bits per heavy atom. The third kappa shape index (κ3) is 2.90. The predicted octanol–water partition coefficient (Wildman–Crippen LogP) is 3.86. The summed E-state index contributed by atoms with van der Waals surface area (Å²) in [5.74, 6) is -0.519. The Hall–Kier alpha value is -1.94. The third-order valence-electron chi connectivity index (χ3n) is 3.67. The van der Waals surface area contributed by atoms with Crippen LogP contribution in [0.4, 0.5) is 8.78 Å². The molecule has 1 atom stereocenters. The van der Waals surface area contributed by atoms with Crippen LogP contribution in [-0.2, 0) is 0 Å². The van der Waals surface area contributed by atoms with E-state index < -0.39 is 17.7 Å². The lowest BCUT2D eigenvalue weighted by molar-refractivity contribution is 0.303. The summed E-state index contributed by atoms with van der Waals surface area (Å²) >= 11 is 0. The van der Waals surface area contributed by atoms with Gasteiger partial charge in [0.2, 0.25) is 0 Å². The van der Waals surface area contributed by atoms with Gasteiger partial charge in [-0.3, -0.25) is 0 Å². The smallest absolute Gasteiger partial charge is 0.134 e. The summed E-state index contributed by atoms with van der Waals surface area (Å²) in [5.41, 5.74) is 6.99. The summed E-state index contributed by atoms with van der Waals surface area (Å²) in [6.45, 7) is 1.59. The molecule has 1 saturated carbocycles. The molecule has 1 fully saturated rings. The van der Waals surface area contributed by atoms with Gasteiger partial charge in [0.05, 0.1) is 12.1 Å². The lowest BCUT2D eigenvalue weighted by Crippen LogP contribution is -2.16. The van der Waals surface area contributed by atoms with Gasteiger partial charge in [0.1, 0.15) is 17.4 Å². The molecule has 0 aromatic heterocycles. The molecular weight excluding hydrogens is 272 g/mol. The number of hydrogen-bond acceptors (Lipinski definition) is 2. The summed E-state index contributed by atoms with van der Waals surface area (Å²) in [5, 5.41) is 0. The van der Waals surface area contributed by atoms with Crippen LogP contribution in [0.2, 0.25) is 0 Å². The minimum atomic E-state index is -0.854. The fraction of sp³-hybridized carbons (Fsp3) is 0.294. The number of hydrogen-bond donors (Lipinski definition) is 1. The minimum absolute atomic E-state index is 0.0985. The van der Waals surface area contributed by atoms with Crippen LogP contribution in [0.15, 0.2) is 36.4 Å². The summed E-state index contributed by atoms with van der Waals surface area (Å²) in [6, 6.07) is 8.94. The second-order valence-corrected chi connectivity index (χ2v) is 5.46. The van der Waals surface area contributed by atoms with Gasteiger partial charge in [-0.15, -0.1) is 0 Å². The van der Waals surface area contributed by atoms with Gasteiger partial charge in [0, 0.05) is 5.56 Å². The highest BCUT2D eigenvalue weighted by molar-refractivity contribution is 5.39. The van der Waals surface area contributed by atoms with Gasteiger partial charge in [-0.25, -0.2) is 8.78 Å². The van der Waals surface area contributed by atoms with Crippen LogP contribution >= 0.6 is 0 Å². The average Bonchev–Trinajstić information content (AvgIpc) is 3.27. The Labute approximate surface area is 122 Å². The first-order valence-corrected chi connectivity index (χ1v) is 7.03. The second kappa shape index (κ2) is 5.45. The average molecular weight is 289 g/mol. The van der Waals surface area contributed by atoms with Gasteiger partial charge in [-0.05, 0) is 49.1 Å². The van der Waals surface area contributed by atoms with E-state index in [1.54, 1.807) is 25.1 Å². The van der Waals surface area contributed by atoms with Crippen molar-refractivity contribution in [1.82, 2.24) is 0 Å². The molecule has 1 unspecified atom stereocenters. The zero-order valence-electron chi connectivity index (χ0n) is 11.8. The highest BCUT2D eigenvalue weighted by Crippen LogP contribution is 2.31. The SMILES string of the molecule is Cc1ccc(F)c(C(N)c2cccc(OC3CC3)c2)c1F. The molecule has 3 rings (SSSR count). The lowest BCUT2D eigenvalue weighted by atomic mass is 9.96. The van der Waals surface area contributed by atoms with Crippen molar-refractivity contribution >= 4 is 0 Å². The summed E-state index contributed by atoms with van der Waals surface area (Å²) in [6.07, 6.45) is 2.37. The molecular formula is C17H17F2NO. The van der Waals surface area contributed by atoms with Crippen LogP contribution in [0.25, 0.3) is 0 Å². The molecule has 0 saturated heterocycles. The van der Waals surface area contributed by atoms with E-state index in [1.165, 1.54) is 12.1 Å². The summed E-state index contributed by atoms with van der Waals surface area (Å²) < 4.78 is 33.8. The van der Waals surface area contributed by atoms with Crippen molar-refractivity contribution in [3.63, 3.8) is 0 Å². The van der Waals surface area contributed by atoms with Crippen molar-refractivity contribution in [3.05, 3.63) is 64.7 Å². The molecule has 1 aliphatic rings. The third-order valence-corrected chi connectivity index (χ3v) is 3.67. The van der Waals surface area contributed by atoms with Gasteiger partial charge in [0.25, 0.3) is 0 Å². The second-order valence-electron chi connectivity index (χ2n) is 5.46. The fourth-order valence-corrected chi connectivity index (χ4v) is 2.29. The van der Waals surface area contributed by atoms with Crippen LogP contribution in [0.3, 0.4) is 0 Å². The Morgan fingerprint density at radius 1 is 1.19 bits per heavy atom. The first-order chi connectivity index (χ1) is 10.1. The fourth-order valence-electron chi connectivity index (χ4n) is 2.29. The van der Waals surface area contributed by atoms with Crippen molar-refractivity contribution in [2.45, 2.75) is 31.9 Å². The van der Waals surface area contributed by atoms with Crippen LogP contribution in [-0.4, -0.2) is 6.10 Å². The van der Waals surface area contributed by atoms with E-state index in [2.05, 4.69) is 0 Å². The molecule has 0 aliphatic heterocycles. The van der Waals surface area contributed by atoms with Gasteiger partial charge in [-0.1, -0.05) is 18.2 Å². The van der Waals surface area contributed by atoms with Crippen LogP contribution in [0.1, 0.15) is 35.6 Å². The molecule has 0 heterocycles. The maximum atomic E-state index is 14.2. The molecule has 2 aromatic rings. The molecule has 2 N–H and O–H groups in total. The van der Waals surface area contributed by atoms with E-state index in [0.717, 1.165) is 12.8 Å². The molecule has 4 heteroatoms. The van der Waals surface area contributed by atoms with Crippen LogP contribution < -0.4 is 10.5 Å². The van der Waals surface area contributed by atoms with Crippen molar-refractivity contribution in [2.24, 2.45) is 5.73 Å². The number of benzene rings is 2. The van der Waals surface area contributed by atoms with Crippen LogP contribution in [0.5, 0.6) is 5.75 Å². The maximum absolute atomic E-state index is 14.2. The Bertz CT molecular complexity index is 668. The zero-order chi connectivity index (χ0) is 15.0. The van der Waals surface area contributed by atoms with Gasteiger partial charge in [0.15, 0.2) is 0 Å². The van der Waals surface area contributed by atoms with E-state index in [0.29, 0.717) is 16.9 Å². The molecule has 110 valence electrons. The van der Waals surface area contributed by atoms with E-state index in [4.69, 9.17) is 10.5 Å². The molecule has 0 radical (unpaired) electrons. The van der Waals surface area contributed by atoms with E-state index >= 15 is 0 Å². The highest BCUT2D eigenvalue weighted by atomic mass is 19.1. The molecule has 2 aromatic carbocycles. The van der Waals surface area contributed by atoms with Crippen molar-refractivity contribution in [3.8, 4) is 5.75 Å². The number of rotatable bonds is 4. The molecule has 1 aliphatic carbocycles. The largest absolute Gasteiger partial charge is 0.490 e. The zero-order valence-corrected chi connectivity index (χ0v) is 11.8. The van der Waals surface area contributed by atoms with E-state index in [-0.39, 0.29) is 11.7 Å². The Kier molecular flexibility index (Phi) is 3.64. The quantitative estimate of drug-likeness (QED) is 0.927. The highest BCUT2D eigenvalue weighted by Gasteiger charge is 2.24. The lowest BCUT2D eigenvalue weighted by Gasteiger charge is -2.16. The summed E-state index contributed by atoms with van der Waals surface area (Å²) in [4.78, 5) is 0. The number of nitrogens with two attached hydrogens (primary N) is 1. The monoisotopic (exact) mass is 289 g/mol. The van der Waals surface area contributed by atoms with Crippen molar-refractivity contribution < 1.29 is 13.5 Å². The maximum Gasteiger partial charge on any atom is 0.134 e. The molecule has 2 nitrogen and oxygen atoms in total. The predicted molar refractivity (Wildman–Crippen MR) is 77.2 cm³/mol. The summed E-state index contributed by atoms with van der Waals surface area (Å²) in [7, 11) is 0. The first-order valence-electron chi connectivity index (χ1n) is 7.03. The number of halogens is 2. The Morgan fingerprint density at radius 3 is 2.67 bits per heavy atom. The minimum Gasteiger partial charge on any atom is -0.490 e. The van der Waals surface area contributed by atoms with Crippen molar-refractivity contribution in [2.75, 3.05) is 0 Å². The normalized spacial score (nSPS) is 15.8. The van der Waals surface area contributed by atoms with E-state index in [9.17, 15) is 8.78 Å². The topological polar surface area (TPSA) is 35.2 Å². The molecule has 0 bridgehead atoms. The molecule has 21 heavy (non-hydrogen) atoms. The molecule has 0 amide bonds. The number of ether oxygens (including phenoxy) is 1. The van der Waals surface area contributed by atoms with Gasteiger partial charge in [-0.2, -0.15) is 0 Å². The Balaban J connectivity index is 1.94. The van der Waals surface area contributed by atoms with Gasteiger partial charge < -0.3 is 10.5 Å². The van der Waals surface area contributed by atoms with Crippen molar-refractivity contribution in [1.29, 1.82) is 0 Å².